The van der Waals surface area contributed by atoms with Crippen molar-refractivity contribution in [2.75, 3.05) is 0 Å². The molecule has 0 spiro atoms. The summed E-state index contributed by atoms with van der Waals surface area (Å²) in [4.78, 5) is 11.1. The van der Waals surface area contributed by atoms with Crippen LogP contribution in [-0.2, 0) is 17.8 Å². The fraction of sp³-hybridized carbons (Fsp3) is 0.211. The first-order valence-electron chi connectivity index (χ1n) is 7.28. The molecule has 0 aliphatic carbocycles. The summed E-state index contributed by atoms with van der Waals surface area (Å²) in [5.74, 6) is -0.430. The highest BCUT2D eigenvalue weighted by Gasteiger charge is 2.16. The van der Waals surface area contributed by atoms with Crippen LogP contribution in [0, 0.1) is 5.92 Å². The summed E-state index contributed by atoms with van der Waals surface area (Å²) < 4.78 is 5.71. The Hall–Kier alpha value is -2.55. The normalized spacial score (nSPS) is 11.6. The molecule has 2 aromatic carbocycles. The summed E-state index contributed by atoms with van der Waals surface area (Å²) in [6.45, 7) is 4.13. The van der Waals surface area contributed by atoms with Crippen LogP contribution in [0.4, 0.5) is 0 Å². The molecule has 1 N–H and O–H groups in total. The van der Waals surface area contributed by atoms with Gasteiger partial charge in [-0.25, -0.2) is 0 Å². The second kappa shape index (κ2) is 8.03. The third-order valence-electron chi connectivity index (χ3n) is 3.45. The molecule has 1 unspecified atom stereocenters. The van der Waals surface area contributed by atoms with Gasteiger partial charge in [0.25, 0.3) is 0 Å². The van der Waals surface area contributed by atoms with E-state index in [1.165, 1.54) is 0 Å². The van der Waals surface area contributed by atoms with Crippen LogP contribution in [0.2, 0.25) is 0 Å². The van der Waals surface area contributed by atoms with Gasteiger partial charge < -0.3 is 9.84 Å². The number of carbonyl (C=O) groups is 1. The average Bonchev–Trinajstić information content (AvgIpc) is 2.54. The third kappa shape index (κ3) is 4.77. The highest BCUT2D eigenvalue weighted by atomic mass is 16.5. The van der Waals surface area contributed by atoms with E-state index in [1.807, 2.05) is 54.6 Å². The van der Waals surface area contributed by atoms with Crippen molar-refractivity contribution < 1.29 is 14.6 Å². The molecule has 0 aliphatic heterocycles. The maximum atomic E-state index is 11.1. The topological polar surface area (TPSA) is 46.5 Å². The van der Waals surface area contributed by atoms with Crippen molar-refractivity contribution in [1.29, 1.82) is 0 Å². The molecule has 114 valence electrons. The van der Waals surface area contributed by atoms with E-state index in [0.717, 1.165) is 16.9 Å². The van der Waals surface area contributed by atoms with Crippen LogP contribution in [0.5, 0.6) is 5.75 Å². The first-order valence-corrected chi connectivity index (χ1v) is 7.28. The van der Waals surface area contributed by atoms with E-state index in [-0.39, 0.29) is 0 Å². The zero-order chi connectivity index (χ0) is 15.8. The van der Waals surface area contributed by atoms with Crippen LogP contribution >= 0.6 is 0 Å². The minimum absolute atomic E-state index is 0.423. The summed E-state index contributed by atoms with van der Waals surface area (Å²) in [5.41, 5.74) is 2.10. The molecule has 22 heavy (non-hydrogen) atoms. The van der Waals surface area contributed by atoms with E-state index in [4.69, 9.17) is 9.84 Å². The van der Waals surface area contributed by atoms with Gasteiger partial charge >= 0.3 is 5.97 Å². The van der Waals surface area contributed by atoms with Gasteiger partial charge in [0, 0.05) is 0 Å². The lowest BCUT2D eigenvalue weighted by molar-refractivity contribution is -0.141. The molecule has 2 rings (SSSR count). The lowest BCUT2D eigenvalue weighted by Gasteiger charge is -2.11. The monoisotopic (exact) mass is 296 g/mol. The Bertz CT molecular complexity index is 602. The minimum Gasteiger partial charge on any atom is -0.489 e. The van der Waals surface area contributed by atoms with Crippen molar-refractivity contribution >= 4 is 5.97 Å². The molecule has 3 nitrogen and oxygen atoms in total. The number of benzene rings is 2. The van der Waals surface area contributed by atoms with Gasteiger partial charge in [-0.2, -0.15) is 0 Å². The largest absolute Gasteiger partial charge is 0.489 e. The van der Waals surface area contributed by atoms with E-state index in [9.17, 15) is 4.79 Å². The average molecular weight is 296 g/mol. The summed E-state index contributed by atoms with van der Waals surface area (Å²) in [5, 5.41) is 9.16. The first-order chi connectivity index (χ1) is 10.7. The Labute approximate surface area is 130 Å². The van der Waals surface area contributed by atoms with Gasteiger partial charge in [0.15, 0.2) is 0 Å². The molecule has 0 heterocycles. The molecular weight excluding hydrogens is 276 g/mol. The van der Waals surface area contributed by atoms with Crippen molar-refractivity contribution in [3.8, 4) is 5.75 Å². The third-order valence-corrected chi connectivity index (χ3v) is 3.45. The van der Waals surface area contributed by atoms with Crippen molar-refractivity contribution in [3.05, 3.63) is 78.4 Å². The second-order valence-electron chi connectivity index (χ2n) is 5.18. The molecule has 0 bridgehead atoms. The summed E-state index contributed by atoms with van der Waals surface area (Å²) in [6.07, 6.45) is 2.62. The molecule has 0 radical (unpaired) electrons. The second-order valence-corrected chi connectivity index (χ2v) is 5.18. The highest BCUT2D eigenvalue weighted by Crippen LogP contribution is 2.18. The molecule has 0 saturated carbocycles. The lowest BCUT2D eigenvalue weighted by atomic mass is 9.96. The van der Waals surface area contributed by atoms with Gasteiger partial charge in [0.2, 0.25) is 0 Å². The van der Waals surface area contributed by atoms with E-state index >= 15 is 0 Å². The lowest BCUT2D eigenvalue weighted by Crippen LogP contribution is -2.15. The van der Waals surface area contributed by atoms with Crippen molar-refractivity contribution in [3.63, 3.8) is 0 Å². The maximum Gasteiger partial charge on any atom is 0.307 e. The molecule has 1 atom stereocenters. The standard InChI is InChI=1S/C19H20O3/c1-2-6-17(19(20)21)13-15-9-11-18(12-10-15)22-14-16-7-4-3-5-8-16/h2-5,7-12,17H,1,6,13-14H2,(H,20,21). The Balaban J connectivity index is 1.92. The van der Waals surface area contributed by atoms with Crippen LogP contribution in [0.1, 0.15) is 17.5 Å². The predicted molar refractivity (Wildman–Crippen MR) is 86.9 cm³/mol. The Morgan fingerprint density at radius 2 is 1.77 bits per heavy atom. The number of rotatable bonds is 8. The SMILES string of the molecule is C=CCC(Cc1ccc(OCc2ccccc2)cc1)C(=O)O. The minimum atomic E-state index is -0.788. The number of ether oxygens (including phenoxy) is 1. The summed E-state index contributed by atoms with van der Waals surface area (Å²) >= 11 is 0. The van der Waals surface area contributed by atoms with E-state index in [2.05, 4.69) is 6.58 Å². The zero-order valence-corrected chi connectivity index (χ0v) is 12.4. The molecular formula is C19H20O3. The molecule has 0 aliphatic rings. The summed E-state index contributed by atoms with van der Waals surface area (Å²) in [6, 6.07) is 17.6. The number of hydrogen-bond acceptors (Lipinski definition) is 2. The van der Waals surface area contributed by atoms with Crippen molar-refractivity contribution in [2.45, 2.75) is 19.4 Å². The van der Waals surface area contributed by atoms with Crippen molar-refractivity contribution in [1.82, 2.24) is 0 Å². The van der Waals surface area contributed by atoms with Gasteiger partial charge in [-0.3, -0.25) is 4.79 Å². The van der Waals surface area contributed by atoms with Gasteiger partial charge in [0.05, 0.1) is 5.92 Å². The molecule has 0 saturated heterocycles. The van der Waals surface area contributed by atoms with Crippen LogP contribution in [0.25, 0.3) is 0 Å². The number of allylic oxidation sites excluding steroid dienone is 1. The Morgan fingerprint density at radius 1 is 1.09 bits per heavy atom. The van der Waals surface area contributed by atoms with Gasteiger partial charge in [-0.1, -0.05) is 48.5 Å². The number of carboxylic acid groups (broad SMARTS) is 1. The zero-order valence-electron chi connectivity index (χ0n) is 12.4. The Morgan fingerprint density at radius 3 is 2.36 bits per heavy atom. The van der Waals surface area contributed by atoms with Crippen LogP contribution in [0.15, 0.2) is 67.3 Å². The molecule has 2 aromatic rings. The predicted octanol–water partition coefficient (Wildman–Crippen LogP) is 4.09. The van der Waals surface area contributed by atoms with Crippen molar-refractivity contribution in [2.24, 2.45) is 5.92 Å². The molecule has 3 heteroatoms. The van der Waals surface area contributed by atoms with Crippen LogP contribution in [-0.4, -0.2) is 11.1 Å². The summed E-state index contributed by atoms with van der Waals surface area (Å²) in [7, 11) is 0. The van der Waals surface area contributed by atoms with Crippen LogP contribution in [0.3, 0.4) is 0 Å². The highest BCUT2D eigenvalue weighted by molar-refractivity contribution is 5.70. The van der Waals surface area contributed by atoms with Crippen LogP contribution < -0.4 is 4.74 Å². The fourth-order valence-corrected chi connectivity index (χ4v) is 2.22. The quantitative estimate of drug-likeness (QED) is 0.746. The molecule has 0 fully saturated rings. The number of carboxylic acids is 1. The number of aliphatic carboxylic acids is 1. The first kappa shape index (κ1) is 15.8. The Kier molecular flexibility index (Phi) is 5.78. The fourth-order valence-electron chi connectivity index (χ4n) is 2.22. The van der Waals surface area contributed by atoms with Gasteiger partial charge in [0.1, 0.15) is 12.4 Å². The molecule has 0 amide bonds. The van der Waals surface area contributed by atoms with Gasteiger partial charge in [-0.05, 0) is 36.1 Å². The van der Waals surface area contributed by atoms with E-state index < -0.39 is 11.9 Å². The van der Waals surface area contributed by atoms with E-state index in [0.29, 0.717) is 19.4 Å². The molecule has 0 aromatic heterocycles. The van der Waals surface area contributed by atoms with E-state index in [1.54, 1.807) is 6.08 Å². The van der Waals surface area contributed by atoms with Gasteiger partial charge in [-0.15, -0.1) is 6.58 Å². The number of hydrogen-bond donors (Lipinski definition) is 1. The maximum absolute atomic E-state index is 11.1. The smallest absolute Gasteiger partial charge is 0.307 e.